The molecule has 4 saturated carbocycles. The van der Waals surface area contributed by atoms with Crippen LogP contribution in [0.15, 0.2) is 42.6 Å². The molecule has 4 aliphatic carbocycles. The molecular formula is C41H53N5O9S. The van der Waals surface area contributed by atoms with Crippen molar-refractivity contribution in [2.75, 3.05) is 13.2 Å². The number of carbonyl (C=O) groups is 4. The highest BCUT2D eigenvalue weighted by molar-refractivity contribution is 7.91. The number of aromatic nitrogens is 1. The average Bonchev–Trinajstić information content (AvgIpc) is 4.11. The molecule has 3 N–H and O–H groups in total. The van der Waals surface area contributed by atoms with E-state index in [9.17, 15) is 27.9 Å². The van der Waals surface area contributed by atoms with Gasteiger partial charge < -0.3 is 24.8 Å². The molecule has 2 aliphatic heterocycles. The van der Waals surface area contributed by atoms with Crippen molar-refractivity contribution < 1.29 is 42.2 Å². The Labute approximate surface area is 327 Å². The smallest absolute Gasteiger partial charge is 0.408 e. The van der Waals surface area contributed by atoms with Crippen LogP contribution in [-0.2, 0) is 24.4 Å². The number of allylic oxidation sites excluding steroid dienone is 1. The third kappa shape index (κ3) is 7.55. The van der Waals surface area contributed by atoms with Crippen LogP contribution in [0.2, 0.25) is 0 Å². The second-order valence-electron chi connectivity index (χ2n) is 17.2. The Morgan fingerprint density at radius 2 is 1.84 bits per heavy atom. The summed E-state index contributed by atoms with van der Waals surface area (Å²) in [6.45, 7) is 6.42. The van der Waals surface area contributed by atoms with Crippen molar-refractivity contribution in [3.05, 3.63) is 42.6 Å². The summed E-state index contributed by atoms with van der Waals surface area (Å²) >= 11 is 0. The lowest BCUT2D eigenvalue weighted by atomic mass is 9.86. The highest BCUT2D eigenvalue weighted by Gasteiger charge is 2.62. The van der Waals surface area contributed by atoms with Crippen molar-refractivity contribution in [1.29, 1.82) is 0 Å². The topological polar surface area (TPSA) is 185 Å². The lowest BCUT2D eigenvalue weighted by Gasteiger charge is -2.40. The number of sulfonamides is 1. The number of benzene rings is 1. The number of carbonyl (C=O) groups excluding carboxylic acids is 3. The SMILES string of the molecule is CCOc1ccc2c(O[C@@H]3C[C@H]4C(=O)N[C@]5(C(=O)NS(=O)(=O)C6CC6)C[C@H]5/C=C\CC[C@H](C)C[C@@H](C)[C@H](N(C(=O)O)[C@H]5CC6C[C@H]6C5)C(=O)N4C3)nccc2c1. The molecule has 4 amide bonds. The number of amides is 4. The highest BCUT2D eigenvalue weighted by atomic mass is 32.2. The molecular weight excluding hydrogens is 739 g/mol. The Kier molecular flexibility index (Phi) is 10.2. The summed E-state index contributed by atoms with van der Waals surface area (Å²) in [6.07, 6.45) is 9.35. The number of carboxylic acid groups (broad SMARTS) is 1. The van der Waals surface area contributed by atoms with Crippen LogP contribution >= 0.6 is 0 Å². The zero-order valence-electron chi connectivity index (χ0n) is 32.3. The first kappa shape index (κ1) is 38.5. The number of rotatable bonds is 9. The number of ether oxygens (including phenoxy) is 2. The number of nitrogens with one attached hydrogen (secondary N) is 2. The van der Waals surface area contributed by atoms with E-state index in [-0.39, 0.29) is 37.3 Å². The molecule has 0 bridgehead atoms. The Morgan fingerprint density at radius 3 is 2.55 bits per heavy atom. The van der Waals surface area contributed by atoms with Crippen molar-refractivity contribution in [2.45, 2.75) is 120 Å². The van der Waals surface area contributed by atoms with Gasteiger partial charge in [0.2, 0.25) is 27.7 Å². The van der Waals surface area contributed by atoms with E-state index in [1.807, 2.05) is 50.3 Å². The predicted octanol–water partition coefficient (Wildman–Crippen LogP) is 4.62. The third-order valence-electron chi connectivity index (χ3n) is 13.0. The molecule has 6 aliphatic rings. The molecule has 0 radical (unpaired) electrons. The van der Waals surface area contributed by atoms with Crippen molar-refractivity contribution in [3.8, 4) is 11.6 Å². The van der Waals surface area contributed by atoms with Crippen molar-refractivity contribution >= 4 is 44.6 Å². The number of nitrogens with zero attached hydrogens (tertiary/aromatic N) is 3. The molecule has 1 saturated heterocycles. The fourth-order valence-corrected chi connectivity index (χ4v) is 11.1. The van der Waals surface area contributed by atoms with Gasteiger partial charge >= 0.3 is 6.09 Å². The summed E-state index contributed by atoms with van der Waals surface area (Å²) in [6, 6.07) is 4.92. The van der Waals surface area contributed by atoms with E-state index in [0.29, 0.717) is 74.0 Å². The molecule has 15 heteroatoms. The second-order valence-corrected chi connectivity index (χ2v) is 19.2. The van der Waals surface area contributed by atoms with Gasteiger partial charge in [-0.15, -0.1) is 0 Å². The first-order chi connectivity index (χ1) is 26.8. The maximum atomic E-state index is 15.2. The fraction of sp³-hybridized carbons (Fsp3) is 0.634. The Hall–Kier alpha value is -4.40. The molecule has 1 unspecified atom stereocenters. The van der Waals surface area contributed by atoms with Crippen molar-refractivity contribution in [3.63, 3.8) is 0 Å². The molecule has 10 atom stereocenters. The number of fused-ring (bicyclic) bond motifs is 4. The zero-order valence-corrected chi connectivity index (χ0v) is 33.1. The molecule has 56 heavy (non-hydrogen) atoms. The molecule has 5 fully saturated rings. The summed E-state index contributed by atoms with van der Waals surface area (Å²) in [5, 5.41) is 14.6. The molecule has 3 heterocycles. The minimum Gasteiger partial charge on any atom is -0.494 e. The van der Waals surface area contributed by atoms with Gasteiger partial charge in [0.25, 0.3) is 5.91 Å². The highest BCUT2D eigenvalue weighted by Crippen LogP contribution is 2.54. The molecule has 8 rings (SSSR count). The minimum atomic E-state index is -3.91. The third-order valence-corrected chi connectivity index (χ3v) is 14.8. The van der Waals surface area contributed by atoms with E-state index in [0.717, 1.165) is 18.2 Å². The van der Waals surface area contributed by atoms with Crippen LogP contribution in [0.1, 0.15) is 85.0 Å². The standard InChI is InChI=1S/C41H53N5O9S/c1-4-54-30-9-12-33-25(19-30)13-14-42-37(33)55-31-20-34-36(47)43-41(39(49)44-56(52,53)32-10-11-32)21-28(41)8-6-5-7-23(2)15-24(3)35(38(48)45(34)22-31)46(40(50)51)29-17-26-16-27(26)18-29/h6,8-9,12-14,19,23-24,26-29,31-32,34-35H,4-5,7,10-11,15-18,20-22H2,1-3H3,(H,43,47)(H,44,49)(H,50,51)/b8-6-/t23-,24+,26-,27?,28+,29+,31+,34-,35-,41+/m0/s1. The largest absolute Gasteiger partial charge is 0.494 e. The average molecular weight is 792 g/mol. The second kappa shape index (κ2) is 14.8. The van der Waals surface area contributed by atoms with Gasteiger partial charge in [0.15, 0.2) is 0 Å². The minimum absolute atomic E-state index is 0.0211. The Balaban J connectivity index is 1.14. The van der Waals surface area contributed by atoms with Crippen LogP contribution in [0.3, 0.4) is 0 Å². The zero-order chi connectivity index (χ0) is 39.5. The number of pyridine rings is 1. The summed E-state index contributed by atoms with van der Waals surface area (Å²) in [4.78, 5) is 64.2. The van der Waals surface area contributed by atoms with Crippen LogP contribution in [0.4, 0.5) is 4.79 Å². The Morgan fingerprint density at radius 1 is 1.07 bits per heavy atom. The first-order valence-corrected chi connectivity index (χ1v) is 21.9. The van der Waals surface area contributed by atoms with E-state index in [1.54, 1.807) is 6.20 Å². The van der Waals surface area contributed by atoms with E-state index < -0.39 is 68.7 Å². The van der Waals surface area contributed by atoms with Gasteiger partial charge in [0.1, 0.15) is 29.5 Å². The van der Waals surface area contributed by atoms with Crippen LogP contribution in [-0.4, -0.2) is 100 Å². The van der Waals surface area contributed by atoms with E-state index in [1.165, 1.54) is 9.80 Å². The molecule has 14 nitrogen and oxygen atoms in total. The monoisotopic (exact) mass is 791 g/mol. The van der Waals surface area contributed by atoms with Crippen LogP contribution in [0.5, 0.6) is 11.6 Å². The summed E-state index contributed by atoms with van der Waals surface area (Å²) in [5.41, 5.74) is -1.52. The maximum Gasteiger partial charge on any atom is 0.408 e. The molecule has 1 aromatic heterocycles. The van der Waals surface area contributed by atoms with Crippen molar-refractivity contribution in [2.24, 2.45) is 29.6 Å². The predicted molar refractivity (Wildman–Crippen MR) is 206 cm³/mol. The Bertz CT molecular complexity index is 2030. The molecule has 0 spiro atoms. The molecule has 302 valence electrons. The van der Waals surface area contributed by atoms with Crippen LogP contribution in [0.25, 0.3) is 10.8 Å². The lowest BCUT2D eigenvalue weighted by molar-refractivity contribution is -0.145. The normalized spacial score (nSPS) is 34.8. The summed E-state index contributed by atoms with van der Waals surface area (Å²) in [5.74, 6) is -0.587. The fourth-order valence-electron chi connectivity index (χ4n) is 9.72. The van der Waals surface area contributed by atoms with Gasteiger partial charge in [0.05, 0.1) is 18.4 Å². The lowest BCUT2D eigenvalue weighted by Crippen LogP contribution is -2.61. The van der Waals surface area contributed by atoms with E-state index >= 15 is 4.79 Å². The van der Waals surface area contributed by atoms with Crippen molar-refractivity contribution in [1.82, 2.24) is 24.8 Å². The van der Waals surface area contributed by atoms with Gasteiger partial charge in [-0.2, -0.15) is 0 Å². The first-order valence-electron chi connectivity index (χ1n) is 20.3. The molecule has 2 aromatic rings. The number of hydrogen-bond donors (Lipinski definition) is 3. The molecule has 1 aromatic carbocycles. The van der Waals surface area contributed by atoms with E-state index in [4.69, 9.17) is 9.47 Å². The quantitative estimate of drug-likeness (QED) is 0.303. The van der Waals surface area contributed by atoms with Crippen LogP contribution in [0, 0.1) is 29.6 Å². The summed E-state index contributed by atoms with van der Waals surface area (Å²) in [7, 11) is -3.91. The van der Waals surface area contributed by atoms with Gasteiger partial charge in [-0.25, -0.2) is 18.2 Å². The van der Waals surface area contributed by atoms with Gasteiger partial charge in [0, 0.05) is 30.0 Å². The number of hydrogen-bond acceptors (Lipinski definition) is 9. The van der Waals surface area contributed by atoms with Gasteiger partial charge in [-0.3, -0.25) is 24.0 Å². The van der Waals surface area contributed by atoms with E-state index in [2.05, 4.69) is 21.9 Å². The van der Waals surface area contributed by atoms with Gasteiger partial charge in [-0.05, 0) is 118 Å². The maximum absolute atomic E-state index is 15.2. The van der Waals surface area contributed by atoms with Gasteiger partial charge in [-0.1, -0.05) is 26.0 Å². The van der Waals surface area contributed by atoms with Crippen LogP contribution < -0.4 is 19.5 Å². The summed E-state index contributed by atoms with van der Waals surface area (Å²) < 4.78 is 40.3.